The first-order valence-corrected chi connectivity index (χ1v) is 32.7. The standard InChI is InChI=1S/C47H63N8O19P3S2/c1-5-53-35-19-17-31(78(65,66)67)24-33(35)46(3)27-47(4)34-25-32(79(68,69)70)18-20-36(34)54(39(47)15-13-14-38(46)53)23-12-8-9-16-40(56)48-21-10-6-7-11-22-52-75(59,60)73-77(63,64)74-76(61,62)71-26-37-42(57)43(58)45(72-37)55-29-51-41-30(2)49-28-50-44(41)55/h13-15,17-20,24-25,28-29,37,42-43,45,57-58H,5-12,16,21-23,26-27H2,1-4H3,(H6-,48,52,56,59,60,61,62,63,64,65,66,67,68,69,70)/p+1/t37-,42-,43-,45-,46?,47?/m1/s1. The van der Waals surface area contributed by atoms with Gasteiger partial charge in [0.25, 0.3) is 20.2 Å². The molecule has 0 spiro atoms. The number of rotatable bonds is 25. The second kappa shape index (κ2) is 23.4. The number of allylic oxidation sites excluding steroid dienone is 4. The average Bonchev–Trinajstić information content (AvgIpc) is 3.38. The number of benzene rings is 2. The molecule has 5 heterocycles. The molecule has 79 heavy (non-hydrogen) atoms. The number of nitrogens with zero attached hydrogens (tertiary/aromatic N) is 6. The van der Waals surface area contributed by atoms with Crippen molar-refractivity contribution in [1.82, 2.24) is 29.9 Å². The number of phosphoric acid groups is 2. The van der Waals surface area contributed by atoms with Crippen molar-refractivity contribution in [2.45, 2.75) is 131 Å². The van der Waals surface area contributed by atoms with Gasteiger partial charge >= 0.3 is 23.4 Å². The monoisotopic (exact) mass is 1200 g/mol. The predicted octanol–water partition coefficient (Wildman–Crippen LogP) is 5.12. The zero-order valence-corrected chi connectivity index (χ0v) is 47.7. The Morgan fingerprint density at radius 2 is 1.52 bits per heavy atom. The SMILES string of the molecule is CCN1/C2=C/C=C/C3=[N+](CCCCCC(=O)NCCCCCCNP(=O)(O)OP(=O)(O)OP(=O)(O)OC[C@H]4O[C@@H](n5cnc6c(C)ncnc65)[C@H](O)[C@@H]4O)c4ccc(S(=O)(=O)O)cc4C3(C)CC2(C)c2cc(S(=O)(=O)O)ccc21. The van der Waals surface area contributed by atoms with Crippen LogP contribution in [-0.4, -0.2) is 138 Å². The van der Waals surface area contributed by atoms with Gasteiger partial charge in [0.1, 0.15) is 36.7 Å². The van der Waals surface area contributed by atoms with Gasteiger partial charge < -0.3 is 39.8 Å². The highest BCUT2D eigenvalue weighted by atomic mass is 32.2. The molecule has 1 aliphatic carbocycles. The van der Waals surface area contributed by atoms with Gasteiger partial charge in [-0.3, -0.25) is 23.0 Å². The van der Waals surface area contributed by atoms with Gasteiger partial charge in [0.05, 0.1) is 33.8 Å². The largest absolute Gasteiger partial charge is 0.489 e. The van der Waals surface area contributed by atoms with Crippen LogP contribution in [0.15, 0.2) is 82.8 Å². The molecule has 2 aromatic heterocycles. The van der Waals surface area contributed by atoms with Gasteiger partial charge in [0.15, 0.2) is 17.6 Å². The second-order valence-electron chi connectivity index (χ2n) is 20.1. The van der Waals surface area contributed by atoms with E-state index in [2.05, 4.69) is 43.5 Å². The first-order chi connectivity index (χ1) is 37.0. The van der Waals surface area contributed by atoms with Gasteiger partial charge in [0.2, 0.25) is 11.6 Å². The fourth-order valence-electron chi connectivity index (χ4n) is 10.9. The molecule has 5 unspecified atom stereocenters. The number of fused-ring (bicyclic) bond motifs is 7. The summed E-state index contributed by atoms with van der Waals surface area (Å²) in [4.78, 5) is 57.0. The van der Waals surface area contributed by atoms with Crippen molar-refractivity contribution < 1.29 is 91.8 Å². The Balaban J connectivity index is 0.756. The number of ether oxygens (including phenoxy) is 1. The Kier molecular flexibility index (Phi) is 18.0. The quantitative estimate of drug-likeness (QED) is 0.0180. The number of hydrogen-bond acceptors (Lipinski definition) is 18. The van der Waals surface area contributed by atoms with Crippen LogP contribution in [0.25, 0.3) is 11.2 Å². The summed E-state index contributed by atoms with van der Waals surface area (Å²) in [5, 5.41) is 26.1. The Bertz CT molecular complexity index is 3490. The molecule has 0 bridgehead atoms. The number of phosphoric ester groups is 1. The summed E-state index contributed by atoms with van der Waals surface area (Å²) < 4.78 is 130. The molecule has 3 aliphatic heterocycles. The maximum atomic E-state index is 12.8. The van der Waals surface area contributed by atoms with Gasteiger partial charge in [-0.1, -0.05) is 18.9 Å². The van der Waals surface area contributed by atoms with Crippen LogP contribution in [0.5, 0.6) is 0 Å². The van der Waals surface area contributed by atoms with E-state index in [1.807, 2.05) is 39.0 Å². The lowest BCUT2D eigenvalue weighted by atomic mass is 9.64. The van der Waals surface area contributed by atoms with Crippen LogP contribution in [0.1, 0.15) is 102 Å². The number of anilines is 1. The van der Waals surface area contributed by atoms with E-state index in [0.29, 0.717) is 86.9 Å². The van der Waals surface area contributed by atoms with Crippen molar-refractivity contribution in [2.24, 2.45) is 0 Å². The summed E-state index contributed by atoms with van der Waals surface area (Å²) in [5.41, 5.74) is 4.16. The molecule has 432 valence electrons. The van der Waals surface area contributed by atoms with E-state index in [9.17, 15) is 69.3 Å². The third-order valence-electron chi connectivity index (χ3n) is 14.5. The predicted molar refractivity (Wildman–Crippen MR) is 283 cm³/mol. The number of likely N-dealkylation sites (N-methyl/N-ethyl adjacent to an activating group) is 1. The average molecular weight is 1200 g/mol. The van der Waals surface area contributed by atoms with Crippen molar-refractivity contribution in [3.8, 4) is 0 Å². The van der Waals surface area contributed by atoms with Crippen molar-refractivity contribution >= 4 is 77.8 Å². The van der Waals surface area contributed by atoms with Gasteiger partial charge in [-0.05, 0) is 102 Å². The Morgan fingerprint density at radius 3 is 2.22 bits per heavy atom. The number of hydrogen-bond donors (Lipinski definition) is 9. The molecular formula is C47H64N8O19P3S2+. The van der Waals surface area contributed by atoms with Crippen LogP contribution in [0.2, 0.25) is 0 Å². The van der Waals surface area contributed by atoms with E-state index < -0.39 is 85.6 Å². The van der Waals surface area contributed by atoms with Crippen molar-refractivity contribution in [3.63, 3.8) is 0 Å². The molecule has 32 heteroatoms. The normalized spacial score (nSPS) is 26.2. The molecule has 0 saturated carbocycles. The summed E-state index contributed by atoms with van der Waals surface area (Å²) >= 11 is 0. The molecule has 1 saturated heterocycles. The fourth-order valence-corrected chi connectivity index (χ4v) is 15.7. The van der Waals surface area contributed by atoms with Gasteiger partial charge in [-0.15, -0.1) is 0 Å². The van der Waals surface area contributed by atoms with Crippen molar-refractivity contribution in [1.29, 1.82) is 0 Å². The highest BCUT2D eigenvalue weighted by Crippen LogP contribution is 2.66. The zero-order valence-electron chi connectivity index (χ0n) is 43.4. The molecule has 4 aromatic rings. The van der Waals surface area contributed by atoms with Gasteiger partial charge in [-0.2, -0.15) is 30.0 Å². The third kappa shape index (κ3) is 13.2. The van der Waals surface area contributed by atoms with E-state index in [0.717, 1.165) is 22.8 Å². The van der Waals surface area contributed by atoms with Crippen LogP contribution >= 0.6 is 23.4 Å². The van der Waals surface area contributed by atoms with E-state index >= 15 is 0 Å². The Hall–Kier alpha value is -4.48. The van der Waals surface area contributed by atoms with Crippen LogP contribution in [0.4, 0.5) is 11.4 Å². The minimum atomic E-state index is -5.74. The topological polar surface area (TPSA) is 389 Å². The summed E-state index contributed by atoms with van der Waals surface area (Å²) in [6.45, 7) is 7.97. The van der Waals surface area contributed by atoms with Crippen LogP contribution in [0.3, 0.4) is 0 Å². The summed E-state index contributed by atoms with van der Waals surface area (Å²) in [7, 11) is -25.5. The molecule has 8 rings (SSSR count). The highest BCUT2D eigenvalue weighted by molar-refractivity contribution is 7.86. The summed E-state index contributed by atoms with van der Waals surface area (Å²) in [6, 6.07) is 9.06. The number of aromatic nitrogens is 4. The molecule has 1 amide bonds. The molecule has 27 nitrogen and oxygen atoms in total. The Labute approximate surface area is 455 Å². The summed E-state index contributed by atoms with van der Waals surface area (Å²) in [6.07, 6.45) is 6.89. The number of aliphatic hydroxyl groups is 2. The minimum Gasteiger partial charge on any atom is -0.387 e. The molecule has 0 radical (unpaired) electrons. The number of carbonyl (C=O) groups is 1. The number of carbonyl (C=O) groups excluding carboxylic acids is 1. The molecular weight excluding hydrogens is 1140 g/mol. The first-order valence-electron chi connectivity index (χ1n) is 25.3. The zero-order chi connectivity index (χ0) is 57.5. The second-order valence-corrected chi connectivity index (χ2v) is 27.7. The highest BCUT2D eigenvalue weighted by Gasteiger charge is 2.56. The number of aliphatic hydroxyl groups excluding tert-OH is 2. The molecule has 1 fully saturated rings. The Morgan fingerprint density at radius 1 is 0.848 bits per heavy atom. The number of imidazole rings is 1. The number of nitrogens with one attached hydrogen (secondary N) is 2. The smallest absolute Gasteiger partial charge is 0.387 e. The lowest BCUT2D eigenvalue weighted by molar-refractivity contribution is -0.438. The van der Waals surface area contributed by atoms with Crippen LogP contribution < -0.4 is 15.3 Å². The van der Waals surface area contributed by atoms with Crippen LogP contribution in [-0.2, 0) is 67.4 Å². The van der Waals surface area contributed by atoms with Crippen molar-refractivity contribution in [3.05, 3.63) is 89.8 Å². The molecule has 4 aliphatic rings. The van der Waals surface area contributed by atoms with Gasteiger partial charge in [-0.25, -0.2) is 33.7 Å². The van der Waals surface area contributed by atoms with Crippen molar-refractivity contribution in [2.75, 3.05) is 37.7 Å². The lowest BCUT2D eigenvalue weighted by Gasteiger charge is -2.37. The maximum Gasteiger partial charge on any atom is 0.489 e. The number of amides is 1. The maximum absolute atomic E-state index is 12.8. The van der Waals surface area contributed by atoms with E-state index in [4.69, 9.17) is 9.26 Å². The number of aryl methyl sites for hydroxylation is 1. The fraction of sp³-hybridized carbons (Fsp3) is 0.511. The van der Waals surface area contributed by atoms with Crippen LogP contribution in [0, 0.1) is 6.92 Å². The third-order valence-corrected chi connectivity index (χ3v) is 20.7. The molecule has 2 aromatic carbocycles. The first kappa shape index (κ1) is 60.6. The molecule has 9 atom stereocenters. The molecule has 9 N–H and O–H groups in total. The van der Waals surface area contributed by atoms with E-state index in [1.165, 1.54) is 41.5 Å². The van der Waals surface area contributed by atoms with Gasteiger partial charge in [0, 0.05) is 67.0 Å². The van der Waals surface area contributed by atoms with E-state index in [-0.39, 0.29) is 40.7 Å². The minimum absolute atomic E-state index is 0.157. The summed E-state index contributed by atoms with van der Waals surface area (Å²) in [5.74, 6) is -0.157. The lowest BCUT2D eigenvalue weighted by Crippen LogP contribution is -2.41. The van der Waals surface area contributed by atoms with E-state index in [1.54, 1.807) is 19.1 Å². The number of unbranched alkanes of at least 4 members (excludes halogenated alkanes) is 5.